The fourth-order valence-electron chi connectivity index (χ4n) is 2.03. The van der Waals surface area contributed by atoms with Gasteiger partial charge in [-0.05, 0) is 32.9 Å². The molecule has 0 saturated carbocycles. The van der Waals surface area contributed by atoms with Gasteiger partial charge in [0.1, 0.15) is 6.26 Å². The number of aryl methyl sites for hydroxylation is 1. The van der Waals surface area contributed by atoms with Gasteiger partial charge in [-0.25, -0.2) is 4.98 Å². The number of halogens is 1. The van der Waals surface area contributed by atoms with Crippen LogP contribution in [0.15, 0.2) is 39.9 Å². The van der Waals surface area contributed by atoms with Crippen LogP contribution in [0.1, 0.15) is 25.1 Å². The molecule has 0 radical (unpaired) electrons. The first kappa shape index (κ1) is 19.5. The van der Waals surface area contributed by atoms with Gasteiger partial charge in [0.05, 0.1) is 5.69 Å². The quantitative estimate of drug-likeness (QED) is 0.436. The third kappa shape index (κ3) is 6.21. The van der Waals surface area contributed by atoms with Crippen LogP contribution in [-0.2, 0) is 6.42 Å². The summed E-state index contributed by atoms with van der Waals surface area (Å²) < 4.78 is 5.55. The van der Waals surface area contributed by atoms with Crippen LogP contribution in [0.25, 0.3) is 11.5 Å². The molecule has 0 atom stereocenters. The van der Waals surface area contributed by atoms with E-state index in [1.807, 2.05) is 12.1 Å². The van der Waals surface area contributed by atoms with Gasteiger partial charge < -0.3 is 15.1 Å². The van der Waals surface area contributed by atoms with E-state index in [2.05, 4.69) is 53.5 Å². The second-order valence-electron chi connectivity index (χ2n) is 5.56. The van der Waals surface area contributed by atoms with Gasteiger partial charge in [-0.3, -0.25) is 4.99 Å². The minimum Gasteiger partial charge on any atom is -0.444 e. The van der Waals surface area contributed by atoms with E-state index in [0.717, 1.165) is 30.2 Å². The second-order valence-corrected chi connectivity index (χ2v) is 5.56. The summed E-state index contributed by atoms with van der Waals surface area (Å²) in [5.74, 6) is 1.47. The smallest absolute Gasteiger partial charge is 0.226 e. The van der Waals surface area contributed by atoms with Crippen LogP contribution in [0, 0.1) is 6.92 Å². The van der Waals surface area contributed by atoms with Crippen LogP contribution in [0.5, 0.6) is 0 Å². The zero-order valence-electron chi connectivity index (χ0n) is 14.1. The monoisotopic (exact) mass is 428 g/mol. The lowest BCUT2D eigenvalue weighted by Gasteiger charge is -2.13. The molecule has 0 aliphatic rings. The number of hydrogen-bond acceptors (Lipinski definition) is 3. The number of nitrogens with one attached hydrogen (secondary N) is 2. The van der Waals surface area contributed by atoms with Crippen molar-refractivity contribution in [3.63, 3.8) is 0 Å². The summed E-state index contributed by atoms with van der Waals surface area (Å²) in [7, 11) is 1.77. The first-order chi connectivity index (χ1) is 10.6. The van der Waals surface area contributed by atoms with Crippen molar-refractivity contribution in [1.29, 1.82) is 0 Å². The van der Waals surface area contributed by atoms with Crippen LogP contribution >= 0.6 is 24.0 Å². The van der Waals surface area contributed by atoms with Gasteiger partial charge in [-0.2, -0.15) is 0 Å². The molecule has 23 heavy (non-hydrogen) atoms. The number of benzene rings is 1. The molecular weight excluding hydrogens is 403 g/mol. The zero-order chi connectivity index (χ0) is 15.9. The summed E-state index contributed by atoms with van der Waals surface area (Å²) in [4.78, 5) is 8.70. The summed E-state index contributed by atoms with van der Waals surface area (Å²) in [6.45, 7) is 6.98. The van der Waals surface area contributed by atoms with Crippen LogP contribution in [-0.4, -0.2) is 30.6 Å². The van der Waals surface area contributed by atoms with Crippen molar-refractivity contribution in [1.82, 2.24) is 15.6 Å². The molecule has 2 rings (SSSR count). The maximum Gasteiger partial charge on any atom is 0.226 e. The second kappa shape index (κ2) is 9.54. The van der Waals surface area contributed by atoms with Crippen molar-refractivity contribution in [3.05, 3.63) is 41.8 Å². The Labute approximate surface area is 155 Å². The Kier molecular flexibility index (Phi) is 8.08. The normalized spacial score (nSPS) is 11.3. The lowest BCUT2D eigenvalue weighted by Crippen LogP contribution is -2.41. The van der Waals surface area contributed by atoms with E-state index in [-0.39, 0.29) is 24.0 Å². The van der Waals surface area contributed by atoms with Crippen LogP contribution in [0.3, 0.4) is 0 Å². The molecule has 0 fully saturated rings. The SMILES string of the molecule is CN=C(NCCc1coc(-c2ccc(C)cc2)n1)NC(C)C.I. The third-order valence-corrected chi connectivity index (χ3v) is 3.17. The summed E-state index contributed by atoms with van der Waals surface area (Å²) in [6, 6.07) is 8.52. The molecule has 0 aliphatic carbocycles. The molecule has 1 aromatic carbocycles. The number of nitrogens with zero attached hydrogens (tertiary/aromatic N) is 2. The highest BCUT2D eigenvalue weighted by Crippen LogP contribution is 2.19. The number of oxazole rings is 1. The highest BCUT2D eigenvalue weighted by atomic mass is 127. The standard InChI is InChI=1S/C17H24N4O.HI/c1-12(2)20-17(18-4)19-10-9-15-11-22-16(21-15)14-7-5-13(3)6-8-14;/h5-8,11-12H,9-10H2,1-4H3,(H2,18,19,20);1H. The minimum absolute atomic E-state index is 0. The topological polar surface area (TPSA) is 62.5 Å². The zero-order valence-corrected chi connectivity index (χ0v) is 16.4. The molecule has 6 heteroatoms. The Hall–Kier alpha value is -1.57. The molecule has 0 aliphatic heterocycles. The van der Waals surface area contributed by atoms with Crippen molar-refractivity contribution in [3.8, 4) is 11.5 Å². The lowest BCUT2D eigenvalue weighted by atomic mass is 10.1. The van der Waals surface area contributed by atoms with E-state index in [1.54, 1.807) is 13.3 Å². The highest BCUT2D eigenvalue weighted by molar-refractivity contribution is 14.0. The first-order valence-electron chi connectivity index (χ1n) is 7.57. The molecule has 0 unspecified atom stereocenters. The Bertz CT molecular complexity index is 620. The van der Waals surface area contributed by atoms with Crippen LogP contribution in [0.4, 0.5) is 0 Å². The van der Waals surface area contributed by atoms with Gasteiger partial charge >= 0.3 is 0 Å². The lowest BCUT2D eigenvalue weighted by molar-refractivity contribution is 0.572. The Morgan fingerprint density at radius 2 is 1.96 bits per heavy atom. The van der Waals surface area contributed by atoms with Gasteiger partial charge in [0.2, 0.25) is 5.89 Å². The Balaban J connectivity index is 0.00000264. The number of aliphatic imine (C=N–C) groups is 1. The first-order valence-corrected chi connectivity index (χ1v) is 7.57. The average molecular weight is 428 g/mol. The molecular formula is C17H25IN4O. The molecule has 0 spiro atoms. The van der Waals surface area contributed by atoms with Gasteiger partial charge in [-0.15, -0.1) is 24.0 Å². The highest BCUT2D eigenvalue weighted by Gasteiger charge is 2.07. The fourth-order valence-corrected chi connectivity index (χ4v) is 2.03. The predicted molar refractivity (Wildman–Crippen MR) is 105 cm³/mol. The van der Waals surface area contributed by atoms with Crippen molar-refractivity contribution >= 4 is 29.9 Å². The van der Waals surface area contributed by atoms with E-state index in [4.69, 9.17) is 4.42 Å². The Morgan fingerprint density at radius 3 is 2.57 bits per heavy atom. The van der Waals surface area contributed by atoms with Crippen molar-refractivity contribution in [2.24, 2.45) is 4.99 Å². The molecule has 0 amide bonds. The van der Waals surface area contributed by atoms with E-state index in [0.29, 0.717) is 11.9 Å². The molecule has 1 heterocycles. The van der Waals surface area contributed by atoms with E-state index >= 15 is 0 Å². The van der Waals surface area contributed by atoms with E-state index in [9.17, 15) is 0 Å². The summed E-state index contributed by atoms with van der Waals surface area (Å²) in [6.07, 6.45) is 2.50. The third-order valence-electron chi connectivity index (χ3n) is 3.17. The molecule has 5 nitrogen and oxygen atoms in total. The molecule has 2 N–H and O–H groups in total. The average Bonchev–Trinajstić information content (AvgIpc) is 2.95. The molecule has 0 saturated heterocycles. The van der Waals surface area contributed by atoms with Gasteiger partial charge in [0, 0.05) is 31.6 Å². The summed E-state index contributed by atoms with van der Waals surface area (Å²) in [5, 5.41) is 6.51. The fraction of sp³-hybridized carbons (Fsp3) is 0.412. The maximum absolute atomic E-state index is 5.55. The van der Waals surface area contributed by atoms with Crippen LogP contribution in [0.2, 0.25) is 0 Å². The summed E-state index contributed by atoms with van der Waals surface area (Å²) in [5.41, 5.74) is 3.16. The van der Waals surface area contributed by atoms with Gasteiger partial charge in [0.15, 0.2) is 5.96 Å². The molecule has 0 bridgehead atoms. The number of guanidine groups is 1. The number of rotatable bonds is 5. The predicted octanol–water partition coefficient (Wildman–Crippen LogP) is 3.38. The molecule has 2 aromatic rings. The van der Waals surface area contributed by atoms with E-state index in [1.165, 1.54) is 5.56 Å². The number of aromatic nitrogens is 1. The Morgan fingerprint density at radius 1 is 1.26 bits per heavy atom. The largest absolute Gasteiger partial charge is 0.444 e. The maximum atomic E-state index is 5.55. The van der Waals surface area contributed by atoms with Crippen molar-refractivity contribution in [2.75, 3.05) is 13.6 Å². The molecule has 126 valence electrons. The van der Waals surface area contributed by atoms with Gasteiger partial charge in [0.25, 0.3) is 0 Å². The van der Waals surface area contributed by atoms with E-state index < -0.39 is 0 Å². The van der Waals surface area contributed by atoms with Gasteiger partial charge in [-0.1, -0.05) is 17.7 Å². The molecule has 1 aromatic heterocycles. The van der Waals surface area contributed by atoms with Crippen LogP contribution < -0.4 is 10.6 Å². The summed E-state index contributed by atoms with van der Waals surface area (Å²) >= 11 is 0. The van der Waals surface area contributed by atoms with Crippen molar-refractivity contribution < 1.29 is 4.42 Å². The van der Waals surface area contributed by atoms with Crippen molar-refractivity contribution in [2.45, 2.75) is 33.2 Å². The number of hydrogen-bond donors (Lipinski definition) is 2. The minimum atomic E-state index is 0.